The van der Waals surface area contributed by atoms with Gasteiger partial charge in [-0.3, -0.25) is 0 Å². The molecule has 216 valence electrons. The van der Waals surface area contributed by atoms with Crippen molar-refractivity contribution < 1.29 is 0 Å². The molecule has 2 nitrogen and oxygen atoms in total. The standard InChI is InChI=1S/C42H38N2/c1-31-5-19-37(20-6-31)43(38-21-7-32(2)8-22-38)41-27-15-35(16-28-41)13-14-36-17-29-42(30-18-36)44(39-23-9-33(3)10-24-39)40-25-11-34(4)12-26-40/h5-30H,1-4H3. The zero-order valence-corrected chi connectivity index (χ0v) is 25.9. The third kappa shape index (κ3) is 6.66. The molecule has 0 aliphatic heterocycles. The predicted octanol–water partition coefficient (Wildman–Crippen LogP) is 12.0. The van der Waals surface area contributed by atoms with Gasteiger partial charge in [0.05, 0.1) is 0 Å². The minimum atomic E-state index is 1.13. The molecule has 0 bridgehead atoms. The van der Waals surface area contributed by atoms with Crippen LogP contribution in [0.25, 0.3) is 12.2 Å². The molecule has 0 radical (unpaired) electrons. The van der Waals surface area contributed by atoms with E-state index in [2.05, 4.69) is 195 Å². The zero-order chi connectivity index (χ0) is 30.5. The van der Waals surface area contributed by atoms with Gasteiger partial charge in [-0.2, -0.15) is 0 Å². The lowest BCUT2D eigenvalue weighted by Crippen LogP contribution is -2.09. The van der Waals surface area contributed by atoms with Crippen LogP contribution in [0.4, 0.5) is 34.1 Å². The molecule has 0 atom stereocenters. The largest absolute Gasteiger partial charge is 0.311 e. The molecule has 0 aliphatic carbocycles. The van der Waals surface area contributed by atoms with Crippen LogP contribution in [0.3, 0.4) is 0 Å². The summed E-state index contributed by atoms with van der Waals surface area (Å²) < 4.78 is 0. The van der Waals surface area contributed by atoms with Gasteiger partial charge in [-0.15, -0.1) is 0 Å². The van der Waals surface area contributed by atoms with Crippen LogP contribution in [0.1, 0.15) is 33.4 Å². The molecule has 0 saturated carbocycles. The van der Waals surface area contributed by atoms with Crippen molar-refractivity contribution in [3.05, 3.63) is 179 Å². The van der Waals surface area contributed by atoms with Gasteiger partial charge in [0.15, 0.2) is 0 Å². The normalized spacial score (nSPS) is 11.1. The quantitative estimate of drug-likeness (QED) is 0.168. The first-order chi connectivity index (χ1) is 21.4. The molecule has 2 heteroatoms. The Labute approximate surface area is 262 Å². The van der Waals surface area contributed by atoms with Crippen molar-refractivity contribution in [3.8, 4) is 0 Å². The third-order valence-corrected chi connectivity index (χ3v) is 7.94. The molecule has 0 unspecified atom stereocenters. The molecule has 0 saturated heterocycles. The number of anilines is 6. The van der Waals surface area contributed by atoms with Gasteiger partial charge in [0.25, 0.3) is 0 Å². The smallest absolute Gasteiger partial charge is 0.0462 e. The van der Waals surface area contributed by atoms with Crippen LogP contribution >= 0.6 is 0 Å². The van der Waals surface area contributed by atoms with Gasteiger partial charge < -0.3 is 9.80 Å². The fraction of sp³-hybridized carbons (Fsp3) is 0.0952. The monoisotopic (exact) mass is 570 g/mol. The second-order valence-electron chi connectivity index (χ2n) is 11.5. The van der Waals surface area contributed by atoms with Gasteiger partial charge in [0.1, 0.15) is 0 Å². The summed E-state index contributed by atoms with van der Waals surface area (Å²) in [5, 5.41) is 0. The van der Waals surface area contributed by atoms with Crippen LogP contribution in [0.5, 0.6) is 0 Å². The van der Waals surface area contributed by atoms with E-state index in [1.807, 2.05) is 0 Å². The third-order valence-electron chi connectivity index (χ3n) is 7.94. The van der Waals surface area contributed by atoms with E-state index in [0.29, 0.717) is 0 Å². The van der Waals surface area contributed by atoms with E-state index >= 15 is 0 Å². The van der Waals surface area contributed by atoms with Crippen molar-refractivity contribution in [2.75, 3.05) is 9.80 Å². The van der Waals surface area contributed by atoms with Crippen molar-refractivity contribution in [3.63, 3.8) is 0 Å². The van der Waals surface area contributed by atoms with Crippen molar-refractivity contribution in [2.24, 2.45) is 0 Å². The molecule has 44 heavy (non-hydrogen) atoms. The highest BCUT2D eigenvalue weighted by molar-refractivity contribution is 5.80. The van der Waals surface area contributed by atoms with E-state index in [-0.39, 0.29) is 0 Å². The summed E-state index contributed by atoms with van der Waals surface area (Å²) in [4.78, 5) is 4.61. The maximum atomic E-state index is 2.30. The second kappa shape index (κ2) is 12.9. The average molecular weight is 571 g/mol. The molecule has 0 fully saturated rings. The van der Waals surface area contributed by atoms with E-state index in [9.17, 15) is 0 Å². The maximum Gasteiger partial charge on any atom is 0.0462 e. The van der Waals surface area contributed by atoms with Crippen LogP contribution in [0.2, 0.25) is 0 Å². The molecule has 0 spiro atoms. The first kappa shape index (κ1) is 28.8. The van der Waals surface area contributed by atoms with Gasteiger partial charge in [-0.25, -0.2) is 0 Å². The summed E-state index contributed by atoms with van der Waals surface area (Å²) in [5.41, 5.74) is 14.2. The highest BCUT2D eigenvalue weighted by Crippen LogP contribution is 2.36. The lowest BCUT2D eigenvalue weighted by atomic mass is 10.1. The average Bonchev–Trinajstić information content (AvgIpc) is 3.05. The van der Waals surface area contributed by atoms with Crippen LogP contribution in [0.15, 0.2) is 146 Å². The minimum absolute atomic E-state index is 1.13. The van der Waals surface area contributed by atoms with Crippen LogP contribution in [0, 0.1) is 27.7 Å². The molecule has 0 N–H and O–H groups in total. The van der Waals surface area contributed by atoms with E-state index in [0.717, 1.165) is 45.3 Å². The Bertz CT molecular complexity index is 1600. The number of nitrogens with zero attached hydrogens (tertiary/aromatic N) is 2. The first-order valence-electron chi connectivity index (χ1n) is 15.2. The van der Waals surface area contributed by atoms with Gasteiger partial charge >= 0.3 is 0 Å². The summed E-state index contributed by atoms with van der Waals surface area (Å²) in [7, 11) is 0. The molecule has 6 rings (SSSR count). The zero-order valence-electron chi connectivity index (χ0n) is 25.9. The van der Waals surface area contributed by atoms with Crippen LogP contribution in [-0.2, 0) is 0 Å². The molecule has 0 aliphatic rings. The van der Waals surface area contributed by atoms with E-state index in [1.165, 1.54) is 22.3 Å². The molecule has 6 aromatic rings. The second-order valence-corrected chi connectivity index (χ2v) is 11.5. The molecule has 0 heterocycles. The lowest BCUT2D eigenvalue weighted by molar-refractivity contribution is 1.27. The Balaban J connectivity index is 1.23. The molecule has 0 amide bonds. The Morgan fingerprint density at radius 2 is 0.455 bits per heavy atom. The Morgan fingerprint density at radius 3 is 0.659 bits per heavy atom. The van der Waals surface area contributed by atoms with Crippen LogP contribution < -0.4 is 9.80 Å². The maximum absolute atomic E-state index is 2.30. The Morgan fingerprint density at radius 1 is 0.273 bits per heavy atom. The molecular weight excluding hydrogens is 532 g/mol. The van der Waals surface area contributed by atoms with Crippen molar-refractivity contribution >= 4 is 46.3 Å². The summed E-state index contributed by atoms with van der Waals surface area (Å²) in [6.07, 6.45) is 4.36. The topological polar surface area (TPSA) is 6.48 Å². The van der Waals surface area contributed by atoms with Gasteiger partial charge in [-0.1, -0.05) is 107 Å². The highest BCUT2D eigenvalue weighted by atomic mass is 15.1. The van der Waals surface area contributed by atoms with Crippen molar-refractivity contribution in [1.29, 1.82) is 0 Å². The predicted molar refractivity (Wildman–Crippen MR) is 190 cm³/mol. The summed E-state index contributed by atoms with van der Waals surface area (Å²) in [6, 6.07) is 52.4. The first-order valence-corrected chi connectivity index (χ1v) is 15.2. The van der Waals surface area contributed by atoms with E-state index < -0.39 is 0 Å². The summed E-state index contributed by atoms with van der Waals surface area (Å²) >= 11 is 0. The van der Waals surface area contributed by atoms with Crippen LogP contribution in [-0.4, -0.2) is 0 Å². The fourth-order valence-electron chi connectivity index (χ4n) is 5.33. The summed E-state index contributed by atoms with van der Waals surface area (Å²) in [5.74, 6) is 0. The number of hydrogen-bond donors (Lipinski definition) is 0. The SMILES string of the molecule is Cc1ccc(N(c2ccc(C)cc2)c2ccc(C=Cc3ccc(N(c4ccc(C)cc4)c4ccc(C)cc4)cc3)cc2)cc1. The number of benzene rings is 6. The van der Waals surface area contributed by atoms with Gasteiger partial charge in [0.2, 0.25) is 0 Å². The van der Waals surface area contributed by atoms with Gasteiger partial charge in [0, 0.05) is 34.1 Å². The van der Waals surface area contributed by atoms with Crippen molar-refractivity contribution in [2.45, 2.75) is 27.7 Å². The number of aryl methyl sites for hydroxylation is 4. The summed E-state index contributed by atoms with van der Waals surface area (Å²) in [6.45, 7) is 8.50. The Hall–Kier alpha value is -5.34. The van der Waals surface area contributed by atoms with E-state index in [1.54, 1.807) is 0 Å². The van der Waals surface area contributed by atoms with E-state index in [4.69, 9.17) is 0 Å². The van der Waals surface area contributed by atoms with Crippen molar-refractivity contribution in [1.82, 2.24) is 0 Å². The molecular formula is C42H38N2. The fourth-order valence-corrected chi connectivity index (χ4v) is 5.33. The minimum Gasteiger partial charge on any atom is -0.311 e. The Kier molecular flexibility index (Phi) is 8.43. The number of rotatable bonds is 8. The lowest BCUT2D eigenvalue weighted by Gasteiger charge is -2.26. The highest BCUT2D eigenvalue weighted by Gasteiger charge is 2.13. The van der Waals surface area contributed by atoms with Gasteiger partial charge in [-0.05, 0) is 112 Å². The number of hydrogen-bond acceptors (Lipinski definition) is 2. The molecule has 6 aromatic carbocycles. The molecule has 0 aromatic heterocycles.